The second kappa shape index (κ2) is 6.26. The Morgan fingerprint density at radius 3 is 2.33 bits per heavy atom. The van der Waals surface area contributed by atoms with Crippen LogP contribution in [0.5, 0.6) is 5.75 Å². The minimum absolute atomic E-state index is 0.0401. The first kappa shape index (κ1) is 15.5. The number of methoxy groups -OCH3 is 1. The summed E-state index contributed by atoms with van der Waals surface area (Å²) >= 11 is 5.87. The number of ether oxygens (including phenoxy) is 1. The number of alkyl halides is 3. The maximum atomic E-state index is 12.9. The SMILES string of the molecule is COc1ccc(CNc2c(Cl)cccc2C(F)(F)F)cc1. The maximum absolute atomic E-state index is 12.9. The van der Waals surface area contributed by atoms with Gasteiger partial charge in [0.25, 0.3) is 0 Å². The molecule has 1 N–H and O–H groups in total. The molecule has 21 heavy (non-hydrogen) atoms. The monoisotopic (exact) mass is 315 g/mol. The summed E-state index contributed by atoms with van der Waals surface area (Å²) < 4.78 is 43.8. The molecular weight excluding hydrogens is 303 g/mol. The Labute approximate surface area is 125 Å². The van der Waals surface area contributed by atoms with Crippen molar-refractivity contribution in [2.45, 2.75) is 12.7 Å². The number of rotatable bonds is 4. The predicted octanol–water partition coefficient (Wildman–Crippen LogP) is 4.98. The van der Waals surface area contributed by atoms with Gasteiger partial charge in [0.15, 0.2) is 0 Å². The lowest BCUT2D eigenvalue weighted by Crippen LogP contribution is -2.11. The van der Waals surface area contributed by atoms with Gasteiger partial charge in [0.2, 0.25) is 0 Å². The van der Waals surface area contributed by atoms with Gasteiger partial charge in [0, 0.05) is 6.54 Å². The van der Waals surface area contributed by atoms with E-state index in [-0.39, 0.29) is 17.3 Å². The van der Waals surface area contributed by atoms with E-state index in [1.165, 1.54) is 12.1 Å². The molecule has 2 aromatic rings. The van der Waals surface area contributed by atoms with Gasteiger partial charge >= 0.3 is 6.18 Å². The van der Waals surface area contributed by atoms with Crippen LogP contribution in [0.25, 0.3) is 0 Å². The smallest absolute Gasteiger partial charge is 0.418 e. The quantitative estimate of drug-likeness (QED) is 0.859. The van der Waals surface area contributed by atoms with Crippen molar-refractivity contribution in [1.29, 1.82) is 0 Å². The Balaban J connectivity index is 2.19. The zero-order valence-electron chi connectivity index (χ0n) is 11.2. The highest BCUT2D eigenvalue weighted by Gasteiger charge is 2.34. The second-order valence-electron chi connectivity index (χ2n) is 4.36. The van der Waals surface area contributed by atoms with E-state index in [9.17, 15) is 13.2 Å². The van der Waals surface area contributed by atoms with Crippen LogP contribution in [0.15, 0.2) is 42.5 Å². The van der Waals surface area contributed by atoms with E-state index in [0.717, 1.165) is 11.6 Å². The molecule has 2 nitrogen and oxygen atoms in total. The minimum atomic E-state index is -4.45. The van der Waals surface area contributed by atoms with E-state index in [2.05, 4.69) is 5.32 Å². The topological polar surface area (TPSA) is 21.3 Å². The highest BCUT2D eigenvalue weighted by Crippen LogP contribution is 2.38. The standard InChI is InChI=1S/C15H13ClF3NO/c1-21-11-7-5-10(6-8-11)9-20-14-12(15(17,18)19)3-2-4-13(14)16/h2-8,20H,9H2,1H3. The van der Waals surface area contributed by atoms with E-state index < -0.39 is 11.7 Å². The number of hydrogen-bond donors (Lipinski definition) is 1. The summed E-state index contributed by atoms with van der Waals surface area (Å²) in [4.78, 5) is 0. The van der Waals surface area contributed by atoms with Crippen molar-refractivity contribution in [3.8, 4) is 5.75 Å². The fraction of sp³-hybridized carbons (Fsp3) is 0.200. The first-order valence-electron chi connectivity index (χ1n) is 6.14. The van der Waals surface area contributed by atoms with Gasteiger partial charge in [0.05, 0.1) is 23.4 Å². The highest BCUT2D eigenvalue weighted by atomic mass is 35.5. The summed E-state index contributed by atoms with van der Waals surface area (Å²) in [5.74, 6) is 0.687. The molecule has 0 saturated carbocycles. The van der Waals surface area contributed by atoms with Gasteiger partial charge in [-0.1, -0.05) is 29.8 Å². The number of benzene rings is 2. The number of halogens is 4. The highest BCUT2D eigenvalue weighted by molar-refractivity contribution is 6.33. The van der Waals surface area contributed by atoms with Gasteiger partial charge in [-0.25, -0.2) is 0 Å². The summed E-state index contributed by atoms with van der Waals surface area (Å²) in [6.07, 6.45) is -4.45. The third kappa shape index (κ3) is 3.82. The average Bonchev–Trinajstić information content (AvgIpc) is 2.45. The summed E-state index contributed by atoms with van der Waals surface area (Å²) in [6, 6.07) is 10.7. The van der Waals surface area contributed by atoms with E-state index in [4.69, 9.17) is 16.3 Å². The van der Waals surface area contributed by atoms with Crippen molar-refractivity contribution >= 4 is 17.3 Å². The minimum Gasteiger partial charge on any atom is -0.497 e. The lowest BCUT2D eigenvalue weighted by molar-refractivity contribution is -0.136. The molecule has 0 atom stereocenters. The molecule has 2 rings (SSSR count). The zero-order chi connectivity index (χ0) is 15.5. The molecule has 0 aromatic heterocycles. The molecule has 0 radical (unpaired) electrons. The number of para-hydroxylation sites is 1. The Morgan fingerprint density at radius 1 is 1.10 bits per heavy atom. The van der Waals surface area contributed by atoms with Gasteiger partial charge in [-0.2, -0.15) is 13.2 Å². The Bertz CT molecular complexity index is 611. The fourth-order valence-electron chi connectivity index (χ4n) is 1.87. The van der Waals surface area contributed by atoms with Crippen molar-refractivity contribution in [1.82, 2.24) is 0 Å². The summed E-state index contributed by atoms with van der Waals surface area (Å²) in [7, 11) is 1.55. The molecule has 6 heteroatoms. The summed E-state index contributed by atoms with van der Waals surface area (Å²) in [5.41, 5.74) is -0.0603. The van der Waals surface area contributed by atoms with Gasteiger partial charge in [0.1, 0.15) is 5.75 Å². The lowest BCUT2D eigenvalue weighted by atomic mass is 10.1. The molecule has 2 aromatic carbocycles. The normalized spacial score (nSPS) is 11.3. The van der Waals surface area contributed by atoms with Crippen LogP contribution in [0.1, 0.15) is 11.1 Å². The molecule has 0 unspecified atom stereocenters. The van der Waals surface area contributed by atoms with Crippen LogP contribution in [0.4, 0.5) is 18.9 Å². The third-order valence-electron chi connectivity index (χ3n) is 2.95. The van der Waals surface area contributed by atoms with Crippen molar-refractivity contribution in [3.63, 3.8) is 0 Å². The second-order valence-corrected chi connectivity index (χ2v) is 4.77. The van der Waals surface area contributed by atoms with E-state index in [0.29, 0.717) is 5.75 Å². The average molecular weight is 316 g/mol. The maximum Gasteiger partial charge on any atom is 0.418 e. The van der Waals surface area contributed by atoms with Crippen LogP contribution in [0, 0.1) is 0 Å². The molecular formula is C15H13ClF3NO. The molecule has 0 spiro atoms. The zero-order valence-corrected chi connectivity index (χ0v) is 11.9. The van der Waals surface area contributed by atoms with Gasteiger partial charge in [-0.05, 0) is 29.8 Å². The Morgan fingerprint density at radius 2 is 1.76 bits per heavy atom. The van der Waals surface area contributed by atoms with E-state index in [1.54, 1.807) is 31.4 Å². The van der Waals surface area contributed by atoms with E-state index in [1.807, 2.05) is 0 Å². The molecule has 112 valence electrons. The Kier molecular flexibility index (Phi) is 4.63. The van der Waals surface area contributed by atoms with Crippen LogP contribution in [-0.2, 0) is 12.7 Å². The molecule has 0 bridgehead atoms. The third-order valence-corrected chi connectivity index (χ3v) is 3.26. The number of nitrogens with one attached hydrogen (secondary N) is 1. The van der Waals surface area contributed by atoms with Crippen molar-refractivity contribution < 1.29 is 17.9 Å². The van der Waals surface area contributed by atoms with Crippen LogP contribution < -0.4 is 10.1 Å². The largest absolute Gasteiger partial charge is 0.497 e. The molecule has 0 amide bonds. The van der Waals surface area contributed by atoms with Crippen LogP contribution in [-0.4, -0.2) is 7.11 Å². The molecule has 0 saturated heterocycles. The first-order chi connectivity index (χ1) is 9.91. The van der Waals surface area contributed by atoms with Crippen molar-refractivity contribution in [2.75, 3.05) is 12.4 Å². The fourth-order valence-corrected chi connectivity index (χ4v) is 2.12. The molecule has 0 aliphatic rings. The van der Waals surface area contributed by atoms with Crippen molar-refractivity contribution in [2.24, 2.45) is 0 Å². The summed E-state index contributed by atoms with van der Waals surface area (Å²) in [5, 5.41) is 2.79. The molecule has 0 heterocycles. The van der Waals surface area contributed by atoms with Crippen molar-refractivity contribution in [3.05, 3.63) is 58.6 Å². The van der Waals surface area contributed by atoms with Crippen LogP contribution >= 0.6 is 11.6 Å². The van der Waals surface area contributed by atoms with Gasteiger partial charge < -0.3 is 10.1 Å². The Hall–Kier alpha value is -1.88. The van der Waals surface area contributed by atoms with Gasteiger partial charge in [-0.15, -0.1) is 0 Å². The first-order valence-corrected chi connectivity index (χ1v) is 6.52. The predicted molar refractivity (Wildman–Crippen MR) is 76.8 cm³/mol. The molecule has 0 aliphatic heterocycles. The molecule has 0 aliphatic carbocycles. The summed E-state index contributed by atoms with van der Waals surface area (Å²) in [6.45, 7) is 0.233. The number of anilines is 1. The van der Waals surface area contributed by atoms with E-state index >= 15 is 0 Å². The van der Waals surface area contributed by atoms with Crippen LogP contribution in [0.3, 0.4) is 0 Å². The number of hydrogen-bond acceptors (Lipinski definition) is 2. The lowest BCUT2D eigenvalue weighted by Gasteiger charge is -2.16. The molecule has 0 fully saturated rings. The van der Waals surface area contributed by atoms with Gasteiger partial charge in [-0.3, -0.25) is 0 Å². The van der Waals surface area contributed by atoms with Crippen LogP contribution in [0.2, 0.25) is 5.02 Å².